The van der Waals surface area contributed by atoms with Crippen molar-refractivity contribution in [3.05, 3.63) is 0 Å². The first-order chi connectivity index (χ1) is 6.83. The molecule has 0 aliphatic carbocycles. The Morgan fingerprint density at radius 1 is 0.529 bits per heavy atom. The third kappa shape index (κ3) is 46.0. The van der Waals surface area contributed by atoms with Crippen LogP contribution in [0.4, 0.5) is 0 Å². The molecule has 0 unspecified atom stereocenters. The van der Waals surface area contributed by atoms with Crippen LogP contribution in [0.5, 0.6) is 0 Å². The van der Waals surface area contributed by atoms with E-state index in [1.807, 2.05) is 0 Å². The Balaban J connectivity index is -0.0000000480. The monoisotopic (exact) mass is 574 g/mol. The molecule has 0 amide bonds. The van der Waals surface area contributed by atoms with Crippen LogP contribution in [0.2, 0.25) is 0 Å². The number of nitrogens with two attached hydrogens (primary N) is 4. The molecule has 0 saturated carbocycles. The van der Waals surface area contributed by atoms with E-state index in [9.17, 15) is 0 Å². The number of nitrogens with one attached hydrogen (secondary N) is 2. The number of rotatable bonds is 8. The van der Waals surface area contributed by atoms with Gasteiger partial charge in [0.15, 0.2) is 0 Å². The SMILES string of the molecule is NCCNCCN.NCCNCCN.[Cd+2].[I-].[I-]. The van der Waals surface area contributed by atoms with Crippen molar-refractivity contribution in [3.63, 3.8) is 0 Å². The maximum Gasteiger partial charge on any atom is 2.00 e. The van der Waals surface area contributed by atoms with Gasteiger partial charge < -0.3 is 81.5 Å². The van der Waals surface area contributed by atoms with Crippen molar-refractivity contribution in [2.24, 2.45) is 22.9 Å². The Morgan fingerprint density at radius 3 is 0.824 bits per heavy atom. The second-order valence-electron chi connectivity index (χ2n) is 2.65. The minimum absolute atomic E-state index is 0. The molecule has 0 heterocycles. The molecular formula is C8H26CdI2N6. The molecule has 10 N–H and O–H groups in total. The van der Waals surface area contributed by atoms with Crippen LogP contribution in [0.1, 0.15) is 0 Å². The summed E-state index contributed by atoms with van der Waals surface area (Å²) in [7, 11) is 0. The van der Waals surface area contributed by atoms with Gasteiger partial charge in [-0.1, -0.05) is 0 Å². The summed E-state index contributed by atoms with van der Waals surface area (Å²) in [4.78, 5) is 0. The van der Waals surface area contributed by atoms with Gasteiger partial charge in [-0.3, -0.25) is 0 Å². The molecule has 0 rings (SSSR count). The van der Waals surface area contributed by atoms with Crippen molar-refractivity contribution < 1.29 is 75.3 Å². The average molecular weight is 573 g/mol. The van der Waals surface area contributed by atoms with Crippen LogP contribution in [-0.2, 0) is 27.3 Å². The number of hydrogen-bond donors (Lipinski definition) is 6. The first-order valence-electron chi connectivity index (χ1n) is 5.05. The maximum absolute atomic E-state index is 5.17. The van der Waals surface area contributed by atoms with Gasteiger partial charge in [-0.25, -0.2) is 0 Å². The van der Waals surface area contributed by atoms with E-state index in [1.165, 1.54) is 0 Å². The average Bonchev–Trinajstić information content (AvgIpc) is 2.21. The van der Waals surface area contributed by atoms with Crippen LogP contribution in [0.25, 0.3) is 0 Å². The molecule has 6 nitrogen and oxygen atoms in total. The van der Waals surface area contributed by atoms with Crippen molar-refractivity contribution in [1.29, 1.82) is 0 Å². The Labute approximate surface area is 159 Å². The van der Waals surface area contributed by atoms with Gasteiger partial charge in [0.25, 0.3) is 0 Å². The predicted octanol–water partition coefficient (Wildman–Crippen LogP) is -9.01. The largest absolute Gasteiger partial charge is 2.00 e. The Hall–Kier alpha value is 2.14. The van der Waals surface area contributed by atoms with Crippen LogP contribution in [0.3, 0.4) is 0 Å². The van der Waals surface area contributed by atoms with Gasteiger partial charge in [0.2, 0.25) is 0 Å². The summed E-state index contributed by atoms with van der Waals surface area (Å²) in [6.45, 7) is 6.27. The van der Waals surface area contributed by atoms with E-state index >= 15 is 0 Å². The zero-order valence-electron chi connectivity index (χ0n) is 10.4. The van der Waals surface area contributed by atoms with Crippen LogP contribution >= 0.6 is 0 Å². The van der Waals surface area contributed by atoms with Crippen molar-refractivity contribution in [2.45, 2.75) is 0 Å². The van der Waals surface area contributed by atoms with E-state index < -0.39 is 0 Å². The van der Waals surface area contributed by atoms with Gasteiger partial charge in [-0.15, -0.1) is 0 Å². The summed E-state index contributed by atoms with van der Waals surface area (Å²) in [6.07, 6.45) is 0. The molecular weight excluding hydrogens is 546 g/mol. The van der Waals surface area contributed by atoms with Crippen molar-refractivity contribution in [1.82, 2.24) is 10.6 Å². The van der Waals surface area contributed by atoms with Crippen molar-refractivity contribution in [3.8, 4) is 0 Å². The summed E-state index contributed by atoms with van der Waals surface area (Å²) in [6, 6.07) is 0. The van der Waals surface area contributed by atoms with Crippen LogP contribution in [-0.4, -0.2) is 52.4 Å². The Kier molecular flexibility index (Phi) is 67.0. The maximum atomic E-state index is 5.17. The molecule has 0 saturated heterocycles. The van der Waals surface area contributed by atoms with Crippen molar-refractivity contribution in [2.75, 3.05) is 52.4 Å². The normalized spacial score (nSPS) is 7.76. The predicted molar refractivity (Wildman–Crippen MR) is 62.0 cm³/mol. The zero-order valence-corrected chi connectivity index (χ0v) is 18.8. The van der Waals surface area contributed by atoms with E-state index in [1.54, 1.807) is 0 Å². The van der Waals surface area contributed by atoms with Gasteiger partial charge in [0, 0.05) is 52.4 Å². The molecule has 0 fully saturated rings. The minimum Gasteiger partial charge on any atom is -1.00 e. The summed E-state index contributed by atoms with van der Waals surface area (Å²) in [5, 5.41) is 6.07. The molecule has 17 heavy (non-hydrogen) atoms. The topological polar surface area (TPSA) is 128 Å². The Morgan fingerprint density at radius 2 is 0.706 bits per heavy atom. The molecule has 0 aliphatic rings. The molecule has 0 aliphatic heterocycles. The van der Waals surface area contributed by atoms with E-state index in [-0.39, 0.29) is 75.3 Å². The van der Waals surface area contributed by atoms with Gasteiger partial charge in [-0.2, -0.15) is 0 Å². The zero-order chi connectivity index (χ0) is 11.1. The first kappa shape index (κ1) is 31.5. The third-order valence-electron chi connectivity index (χ3n) is 1.28. The van der Waals surface area contributed by atoms with Crippen LogP contribution in [0.15, 0.2) is 0 Å². The standard InChI is InChI=1S/2C4H13N3.Cd.2HI/c2*5-1-3-7-4-2-6;;;/h2*7H,1-6H2;;2*1H/q;;+2;;/p-2. The molecule has 0 bridgehead atoms. The van der Waals surface area contributed by atoms with E-state index in [4.69, 9.17) is 22.9 Å². The summed E-state index contributed by atoms with van der Waals surface area (Å²) >= 11 is 0. The molecule has 0 spiro atoms. The smallest absolute Gasteiger partial charge is 1.00 e. The summed E-state index contributed by atoms with van der Waals surface area (Å²) < 4.78 is 0. The van der Waals surface area contributed by atoms with Crippen molar-refractivity contribution >= 4 is 0 Å². The van der Waals surface area contributed by atoms with Gasteiger partial charge >= 0.3 is 27.3 Å². The molecule has 0 aromatic carbocycles. The molecule has 0 atom stereocenters. The van der Waals surface area contributed by atoms with Gasteiger partial charge in [0.05, 0.1) is 0 Å². The van der Waals surface area contributed by atoms with Gasteiger partial charge in [-0.05, 0) is 0 Å². The fraction of sp³-hybridized carbons (Fsp3) is 1.00. The second-order valence-corrected chi connectivity index (χ2v) is 2.65. The first-order valence-corrected chi connectivity index (χ1v) is 5.05. The third-order valence-corrected chi connectivity index (χ3v) is 1.28. The number of hydrogen-bond acceptors (Lipinski definition) is 6. The Bertz CT molecular complexity index is 76.4. The van der Waals surface area contributed by atoms with Crippen LogP contribution < -0.4 is 81.5 Å². The van der Waals surface area contributed by atoms with Gasteiger partial charge in [0.1, 0.15) is 0 Å². The summed E-state index contributed by atoms with van der Waals surface area (Å²) in [5.41, 5.74) is 20.7. The number of halogens is 2. The van der Waals surface area contributed by atoms with E-state index in [0.717, 1.165) is 26.2 Å². The molecule has 9 heteroatoms. The molecule has 0 aromatic heterocycles. The fourth-order valence-electron chi connectivity index (χ4n) is 0.658. The van der Waals surface area contributed by atoms with E-state index in [2.05, 4.69) is 10.6 Å². The minimum atomic E-state index is 0. The molecule has 0 aromatic rings. The molecule has 104 valence electrons. The quantitative estimate of drug-likeness (QED) is 0.0975. The van der Waals surface area contributed by atoms with E-state index in [0.29, 0.717) is 26.2 Å². The fourth-order valence-corrected chi connectivity index (χ4v) is 0.658. The van der Waals surface area contributed by atoms with Crippen LogP contribution in [0, 0.1) is 0 Å². The molecule has 0 radical (unpaired) electrons. The second kappa shape index (κ2) is 36.2. The summed E-state index contributed by atoms with van der Waals surface area (Å²) in [5.74, 6) is 0.